The Balaban J connectivity index is 1.47. The summed E-state index contributed by atoms with van der Waals surface area (Å²) in [6.45, 7) is 4.09. The van der Waals surface area contributed by atoms with Crippen molar-refractivity contribution >= 4 is 0 Å². The van der Waals surface area contributed by atoms with Gasteiger partial charge >= 0.3 is 0 Å². The van der Waals surface area contributed by atoms with E-state index in [1.807, 2.05) is 12.1 Å². The summed E-state index contributed by atoms with van der Waals surface area (Å²) in [5, 5.41) is 22.5. The van der Waals surface area contributed by atoms with Gasteiger partial charge in [-0.05, 0) is 36.1 Å². The molecule has 1 unspecified atom stereocenters. The van der Waals surface area contributed by atoms with Crippen LogP contribution in [0.4, 0.5) is 0 Å². The number of ether oxygens (including phenoxy) is 2. The molecule has 1 fully saturated rings. The van der Waals surface area contributed by atoms with Gasteiger partial charge in [0.1, 0.15) is 0 Å². The number of aliphatic hydroxyl groups is 1. The van der Waals surface area contributed by atoms with Crippen LogP contribution in [-0.4, -0.2) is 57.3 Å². The molecule has 1 atom stereocenters. The lowest BCUT2D eigenvalue weighted by atomic mass is 10.1. The SMILES string of the molecule is Cc1ccccc1Cc1nnn(CC(O)COC2CCOCC2)n1. The summed E-state index contributed by atoms with van der Waals surface area (Å²) < 4.78 is 11.0. The third-order valence-corrected chi connectivity index (χ3v) is 4.17. The average Bonchev–Trinajstić information content (AvgIpc) is 3.03. The van der Waals surface area contributed by atoms with Crippen LogP contribution in [-0.2, 0) is 22.4 Å². The Bertz CT molecular complexity index is 640. The molecule has 0 aliphatic carbocycles. The Morgan fingerprint density at radius 1 is 1.33 bits per heavy atom. The second-order valence-electron chi connectivity index (χ2n) is 6.16. The lowest BCUT2D eigenvalue weighted by molar-refractivity contribution is -0.0629. The first-order chi connectivity index (χ1) is 11.7. The lowest BCUT2D eigenvalue weighted by Gasteiger charge is -2.23. The fourth-order valence-corrected chi connectivity index (χ4v) is 2.73. The molecule has 0 radical (unpaired) electrons. The normalized spacial score (nSPS) is 17.1. The number of rotatable bonds is 7. The van der Waals surface area contributed by atoms with E-state index in [1.54, 1.807) is 0 Å². The molecule has 7 heteroatoms. The Hall–Kier alpha value is -1.83. The van der Waals surface area contributed by atoms with Crippen molar-refractivity contribution in [2.75, 3.05) is 19.8 Å². The minimum atomic E-state index is -0.645. The van der Waals surface area contributed by atoms with Crippen LogP contribution in [0.15, 0.2) is 24.3 Å². The van der Waals surface area contributed by atoms with E-state index in [9.17, 15) is 5.11 Å². The van der Waals surface area contributed by atoms with Crippen LogP contribution in [0.3, 0.4) is 0 Å². The zero-order chi connectivity index (χ0) is 16.8. The molecule has 1 aliphatic rings. The van der Waals surface area contributed by atoms with Crippen molar-refractivity contribution in [1.82, 2.24) is 20.2 Å². The van der Waals surface area contributed by atoms with Gasteiger partial charge in [-0.25, -0.2) is 0 Å². The summed E-state index contributed by atoms with van der Waals surface area (Å²) in [5.74, 6) is 0.654. The summed E-state index contributed by atoms with van der Waals surface area (Å²) >= 11 is 0. The van der Waals surface area contributed by atoms with Gasteiger partial charge in [0.05, 0.1) is 25.4 Å². The molecule has 0 saturated carbocycles. The summed E-state index contributed by atoms with van der Waals surface area (Å²) in [6.07, 6.45) is 1.94. The molecule has 1 saturated heterocycles. The van der Waals surface area contributed by atoms with Crippen LogP contribution in [0.5, 0.6) is 0 Å². The summed E-state index contributed by atoms with van der Waals surface area (Å²) in [6, 6.07) is 8.14. The molecule has 0 bridgehead atoms. The first-order valence-corrected chi connectivity index (χ1v) is 8.39. The maximum absolute atomic E-state index is 10.1. The minimum absolute atomic E-state index is 0.175. The highest BCUT2D eigenvalue weighted by atomic mass is 16.5. The first kappa shape index (κ1) is 17.0. The van der Waals surface area contributed by atoms with E-state index in [1.165, 1.54) is 15.9 Å². The van der Waals surface area contributed by atoms with E-state index in [2.05, 4.69) is 34.5 Å². The molecule has 7 nitrogen and oxygen atoms in total. The van der Waals surface area contributed by atoms with Crippen molar-refractivity contribution in [3.05, 3.63) is 41.2 Å². The quantitative estimate of drug-likeness (QED) is 0.818. The van der Waals surface area contributed by atoms with Gasteiger partial charge in [-0.15, -0.1) is 10.2 Å². The van der Waals surface area contributed by atoms with Crippen LogP contribution in [0.2, 0.25) is 0 Å². The first-order valence-electron chi connectivity index (χ1n) is 8.39. The largest absolute Gasteiger partial charge is 0.389 e. The van der Waals surface area contributed by atoms with E-state index < -0.39 is 6.10 Å². The predicted octanol–water partition coefficient (Wildman–Crippen LogP) is 1.13. The van der Waals surface area contributed by atoms with Gasteiger partial charge in [0.15, 0.2) is 5.82 Å². The lowest BCUT2D eigenvalue weighted by Crippen LogP contribution is -2.29. The van der Waals surface area contributed by atoms with Crippen molar-refractivity contribution < 1.29 is 14.6 Å². The van der Waals surface area contributed by atoms with Crippen molar-refractivity contribution in [3.63, 3.8) is 0 Å². The number of benzene rings is 1. The highest BCUT2D eigenvalue weighted by Crippen LogP contribution is 2.12. The van der Waals surface area contributed by atoms with E-state index in [0.717, 1.165) is 26.1 Å². The van der Waals surface area contributed by atoms with Crippen LogP contribution in [0.25, 0.3) is 0 Å². The highest BCUT2D eigenvalue weighted by Gasteiger charge is 2.17. The smallest absolute Gasteiger partial charge is 0.179 e. The Kier molecular flexibility index (Phi) is 5.90. The minimum Gasteiger partial charge on any atom is -0.389 e. The maximum Gasteiger partial charge on any atom is 0.179 e. The van der Waals surface area contributed by atoms with Gasteiger partial charge in [-0.3, -0.25) is 0 Å². The summed E-state index contributed by atoms with van der Waals surface area (Å²) in [4.78, 5) is 1.44. The van der Waals surface area contributed by atoms with Gasteiger partial charge in [0.2, 0.25) is 0 Å². The number of aromatic nitrogens is 4. The van der Waals surface area contributed by atoms with Crippen LogP contribution < -0.4 is 0 Å². The molecule has 1 N–H and O–H groups in total. The Morgan fingerprint density at radius 2 is 2.12 bits per heavy atom. The number of tetrazole rings is 1. The summed E-state index contributed by atoms with van der Waals surface area (Å²) in [7, 11) is 0. The molecule has 0 amide bonds. The van der Waals surface area contributed by atoms with Gasteiger partial charge in [0, 0.05) is 19.6 Å². The highest BCUT2D eigenvalue weighted by molar-refractivity contribution is 5.27. The number of aliphatic hydroxyl groups excluding tert-OH is 1. The zero-order valence-corrected chi connectivity index (χ0v) is 14.0. The fraction of sp³-hybridized carbons (Fsp3) is 0.588. The second-order valence-corrected chi connectivity index (χ2v) is 6.16. The Morgan fingerprint density at radius 3 is 2.92 bits per heavy atom. The number of aryl methyl sites for hydroxylation is 1. The van der Waals surface area contributed by atoms with Crippen molar-refractivity contribution in [3.8, 4) is 0 Å². The number of hydrogen-bond acceptors (Lipinski definition) is 6. The number of nitrogens with zero attached hydrogens (tertiary/aromatic N) is 4. The molecule has 2 heterocycles. The van der Waals surface area contributed by atoms with Gasteiger partial charge in [-0.1, -0.05) is 24.3 Å². The zero-order valence-electron chi connectivity index (χ0n) is 14.0. The molecule has 1 aliphatic heterocycles. The average molecular weight is 332 g/mol. The molecule has 2 aromatic rings. The van der Waals surface area contributed by atoms with Crippen LogP contribution >= 0.6 is 0 Å². The standard InChI is InChI=1S/C17H24N4O3/c1-13-4-2-3-5-14(13)10-17-18-20-21(19-17)11-15(22)12-24-16-6-8-23-9-7-16/h2-5,15-16,22H,6-12H2,1H3. The number of hydrogen-bond donors (Lipinski definition) is 1. The van der Waals surface area contributed by atoms with Gasteiger partial charge in [0.25, 0.3) is 0 Å². The van der Waals surface area contributed by atoms with E-state index in [0.29, 0.717) is 12.2 Å². The fourth-order valence-electron chi connectivity index (χ4n) is 2.73. The van der Waals surface area contributed by atoms with E-state index in [4.69, 9.17) is 9.47 Å². The van der Waals surface area contributed by atoms with Gasteiger partial charge in [-0.2, -0.15) is 4.80 Å². The molecule has 0 spiro atoms. The van der Waals surface area contributed by atoms with Crippen molar-refractivity contribution in [2.24, 2.45) is 0 Å². The van der Waals surface area contributed by atoms with Crippen LogP contribution in [0, 0.1) is 6.92 Å². The Labute approximate surface area is 141 Å². The molecule has 1 aromatic heterocycles. The topological polar surface area (TPSA) is 82.3 Å². The monoisotopic (exact) mass is 332 g/mol. The van der Waals surface area contributed by atoms with E-state index in [-0.39, 0.29) is 19.3 Å². The van der Waals surface area contributed by atoms with Crippen molar-refractivity contribution in [1.29, 1.82) is 0 Å². The van der Waals surface area contributed by atoms with Gasteiger partial charge < -0.3 is 14.6 Å². The molecule has 1 aromatic carbocycles. The van der Waals surface area contributed by atoms with Crippen molar-refractivity contribution in [2.45, 2.75) is 44.9 Å². The third-order valence-electron chi connectivity index (χ3n) is 4.17. The second kappa shape index (κ2) is 8.32. The summed E-state index contributed by atoms with van der Waals surface area (Å²) in [5.41, 5.74) is 2.39. The van der Waals surface area contributed by atoms with E-state index >= 15 is 0 Å². The molecular weight excluding hydrogens is 308 g/mol. The third kappa shape index (κ3) is 4.83. The predicted molar refractivity (Wildman–Crippen MR) is 87.6 cm³/mol. The molecule has 3 rings (SSSR count). The molecule has 24 heavy (non-hydrogen) atoms. The van der Waals surface area contributed by atoms with Crippen LogP contribution in [0.1, 0.15) is 29.8 Å². The molecular formula is C17H24N4O3. The maximum atomic E-state index is 10.1. The molecule has 130 valence electrons.